The van der Waals surface area contributed by atoms with Crippen molar-refractivity contribution < 1.29 is 15.3 Å². The van der Waals surface area contributed by atoms with E-state index in [0.717, 1.165) is 6.54 Å². The molecule has 0 fully saturated rings. The molecule has 0 radical (unpaired) electrons. The average Bonchev–Trinajstić information content (AvgIpc) is 2.11. The number of para-hydroxylation sites is 2. The van der Waals surface area contributed by atoms with Crippen molar-refractivity contribution in [1.29, 1.82) is 0 Å². The molecule has 14 heavy (non-hydrogen) atoms. The summed E-state index contributed by atoms with van der Waals surface area (Å²) in [4.78, 5) is 1.93. The number of hydrogen-bond acceptors (Lipinski definition) is 4. The van der Waals surface area contributed by atoms with Gasteiger partial charge in [-0.2, -0.15) is 0 Å². The summed E-state index contributed by atoms with van der Waals surface area (Å²) in [6.07, 6.45) is 0. The molecule has 4 heteroatoms. The number of nitrogens with zero attached hydrogens (tertiary/aromatic N) is 1. The number of aromatic hydroxyl groups is 2. The fraction of sp³-hybridized carbons (Fsp3) is 0.400. The van der Waals surface area contributed by atoms with Crippen LogP contribution in [0, 0.1) is 0 Å². The Bertz CT molecular complexity index is 230. The van der Waals surface area contributed by atoms with Crippen LogP contribution in [0.5, 0.6) is 11.5 Å². The third-order valence-corrected chi connectivity index (χ3v) is 1.43. The number of phenols is 2. The summed E-state index contributed by atoms with van der Waals surface area (Å²) in [5, 5.41) is 25.5. The van der Waals surface area contributed by atoms with Crippen molar-refractivity contribution in [3.05, 3.63) is 24.3 Å². The highest BCUT2D eigenvalue weighted by Gasteiger charge is 1.90. The maximum absolute atomic E-state index is 8.67. The molecule has 80 valence electrons. The maximum atomic E-state index is 8.67. The first-order valence-electron chi connectivity index (χ1n) is 4.30. The van der Waals surface area contributed by atoms with Gasteiger partial charge in [-0.25, -0.2) is 0 Å². The number of hydrogen-bond donors (Lipinski definition) is 3. The topological polar surface area (TPSA) is 63.9 Å². The van der Waals surface area contributed by atoms with Gasteiger partial charge in [0.15, 0.2) is 11.5 Å². The fourth-order valence-electron chi connectivity index (χ4n) is 0.664. The second-order valence-corrected chi connectivity index (χ2v) is 3.02. The largest absolute Gasteiger partial charge is 0.504 e. The maximum Gasteiger partial charge on any atom is 0.157 e. The van der Waals surface area contributed by atoms with Gasteiger partial charge in [0.05, 0.1) is 6.61 Å². The zero-order valence-corrected chi connectivity index (χ0v) is 8.51. The molecule has 0 unspecified atom stereocenters. The second-order valence-electron chi connectivity index (χ2n) is 3.02. The molecule has 0 heterocycles. The normalized spacial score (nSPS) is 9.43. The van der Waals surface area contributed by atoms with E-state index in [9.17, 15) is 0 Å². The van der Waals surface area contributed by atoms with Gasteiger partial charge in [0, 0.05) is 6.54 Å². The smallest absolute Gasteiger partial charge is 0.157 e. The van der Waals surface area contributed by atoms with Crippen molar-refractivity contribution in [2.75, 3.05) is 27.2 Å². The lowest BCUT2D eigenvalue weighted by molar-refractivity contribution is 0.243. The highest BCUT2D eigenvalue weighted by atomic mass is 16.3. The van der Waals surface area contributed by atoms with Crippen LogP contribution in [0.3, 0.4) is 0 Å². The van der Waals surface area contributed by atoms with Gasteiger partial charge in [-0.05, 0) is 26.2 Å². The molecule has 0 aromatic heterocycles. The third kappa shape index (κ3) is 6.28. The van der Waals surface area contributed by atoms with Gasteiger partial charge in [0.2, 0.25) is 0 Å². The molecule has 4 nitrogen and oxygen atoms in total. The predicted molar refractivity (Wildman–Crippen MR) is 55.4 cm³/mol. The lowest BCUT2D eigenvalue weighted by Crippen LogP contribution is -2.15. The summed E-state index contributed by atoms with van der Waals surface area (Å²) in [6, 6.07) is 6.15. The van der Waals surface area contributed by atoms with Crippen LogP contribution in [0.4, 0.5) is 0 Å². The molecular weight excluding hydrogens is 182 g/mol. The highest BCUT2D eigenvalue weighted by Crippen LogP contribution is 2.21. The quantitative estimate of drug-likeness (QED) is 0.611. The zero-order chi connectivity index (χ0) is 11.0. The Morgan fingerprint density at radius 3 is 1.64 bits per heavy atom. The van der Waals surface area contributed by atoms with E-state index in [4.69, 9.17) is 15.3 Å². The number of aliphatic hydroxyl groups is 1. The lowest BCUT2D eigenvalue weighted by atomic mass is 10.3. The van der Waals surface area contributed by atoms with Crippen molar-refractivity contribution in [1.82, 2.24) is 4.90 Å². The Hall–Kier alpha value is -1.26. The summed E-state index contributed by atoms with van der Waals surface area (Å²) >= 11 is 0. The molecule has 0 aliphatic carbocycles. The number of phenolic OH excluding ortho intramolecular Hbond substituents is 2. The van der Waals surface area contributed by atoms with Crippen molar-refractivity contribution >= 4 is 0 Å². The number of benzene rings is 1. The van der Waals surface area contributed by atoms with Crippen LogP contribution >= 0.6 is 0 Å². The molecule has 1 aromatic carbocycles. The molecule has 0 saturated heterocycles. The van der Waals surface area contributed by atoms with Crippen LogP contribution in [-0.4, -0.2) is 47.5 Å². The summed E-state index contributed by atoms with van der Waals surface area (Å²) in [7, 11) is 3.85. The molecule has 1 aromatic rings. The van der Waals surface area contributed by atoms with E-state index in [1.165, 1.54) is 12.1 Å². The minimum Gasteiger partial charge on any atom is -0.504 e. The Labute approximate surface area is 84.0 Å². The minimum atomic E-state index is -0.0764. The van der Waals surface area contributed by atoms with E-state index in [-0.39, 0.29) is 18.1 Å². The average molecular weight is 199 g/mol. The molecule has 0 spiro atoms. The van der Waals surface area contributed by atoms with Crippen LogP contribution < -0.4 is 0 Å². The van der Waals surface area contributed by atoms with E-state index in [2.05, 4.69) is 0 Å². The molecule has 0 amide bonds. The van der Waals surface area contributed by atoms with Crippen molar-refractivity contribution in [3.8, 4) is 11.5 Å². The first-order chi connectivity index (χ1) is 6.57. The van der Waals surface area contributed by atoms with E-state index >= 15 is 0 Å². The molecular formula is C10H17NO3. The van der Waals surface area contributed by atoms with Crippen molar-refractivity contribution in [2.24, 2.45) is 0 Å². The minimum absolute atomic E-state index is 0.0764. The first kappa shape index (κ1) is 12.7. The number of rotatable bonds is 2. The Morgan fingerprint density at radius 1 is 1.07 bits per heavy atom. The van der Waals surface area contributed by atoms with Crippen LogP contribution in [0.1, 0.15) is 0 Å². The van der Waals surface area contributed by atoms with Gasteiger partial charge < -0.3 is 20.2 Å². The molecule has 0 saturated carbocycles. The van der Waals surface area contributed by atoms with Crippen LogP contribution in [0.25, 0.3) is 0 Å². The van der Waals surface area contributed by atoms with Gasteiger partial charge in [0.25, 0.3) is 0 Å². The van der Waals surface area contributed by atoms with Crippen molar-refractivity contribution in [3.63, 3.8) is 0 Å². The van der Waals surface area contributed by atoms with Gasteiger partial charge >= 0.3 is 0 Å². The number of likely N-dealkylation sites (N-methyl/N-ethyl adjacent to an activating group) is 1. The summed E-state index contributed by atoms with van der Waals surface area (Å²) in [5.74, 6) is -0.153. The fourth-order valence-corrected chi connectivity index (χ4v) is 0.664. The van der Waals surface area contributed by atoms with E-state index in [1.807, 2.05) is 19.0 Å². The Balaban J connectivity index is 0.000000255. The van der Waals surface area contributed by atoms with Gasteiger partial charge in [-0.1, -0.05) is 12.1 Å². The molecule has 0 bridgehead atoms. The molecule has 0 aliphatic heterocycles. The SMILES string of the molecule is CN(C)CCO.Oc1ccccc1O. The summed E-state index contributed by atoms with van der Waals surface area (Å²) in [5.41, 5.74) is 0. The van der Waals surface area contributed by atoms with Crippen LogP contribution in [0.15, 0.2) is 24.3 Å². The molecule has 3 N–H and O–H groups in total. The van der Waals surface area contributed by atoms with E-state index in [1.54, 1.807) is 12.1 Å². The van der Waals surface area contributed by atoms with Crippen LogP contribution in [0.2, 0.25) is 0 Å². The van der Waals surface area contributed by atoms with Gasteiger partial charge in [-0.15, -0.1) is 0 Å². The number of aliphatic hydroxyl groups excluding tert-OH is 1. The van der Waals surface area contributed by atoms with Crippen LogP contribution in [-0.2, 0) is 0 Å². The standard InChI is InChI=1S/C6H6O2.C4H11NO/c7-5-3-1-2-4-6(5)8;1-5(2)3-4-6/h1-4,7-8H;6H,3-4H2,1-2H3. The predicted octanol–water partition coefficient (Wildman–Crippen LogP) is 0.638. The third-order valence-electron chi connectivity index (χ3n) is 1.43. The first-order valence-corrected chi connectivity index (χ1v) is 4.30. The lowest BCUT2D eigenvalue weighted by Gasteiger charge is -2.03. The van der Waals surface area contributed by atoms with E-state index < -0.39 is 0 Å². The summed E-state index contributed by atoms with van der Waals surface area (Å²) in [6.45, 7) is 1.02. The van der Waals surface area contributed by atoms with Crippen molar-refractivity contribution in [2.45, 2.75) is 0 Å². The highest BCUT2D eigenvalue weighted by molar-refractivity contribution is 5.36. The second kappa shape index (κ2) is 7.17. The molecule has 0 aliphatic rings. The monoisotopic (exact) mass is 199 g/mol. The summed E-state index contributed by atoms with van der Waals surface area (Å²) < 4.78 is 0. The zero-order valence-electron chi connectivity index (χ0n) is 8.51. The van der Waals surface area contributed by atoms with Gasteiger partial charge in [-0.3, -0.25) is 0 Å². The van der Waals surface area contributed by atoms with Gasteiger partial charge in [0.1, 0.15) is 0 Å². The molecule has 0 atom stereocenters. The molecule has 1 rings (SSSR count). The van der Waals surface area contributed by atoms with E-state index in [0.29, 0.717) is 0 Å². The Kier molecular flexibility index (Phi) is 6.53. The Morgan fingerprint density at radius 2 is 1.50 bits per heavy atom.